The summed E-state index contributed by atoms with van der Waals surface area (Å²) in [6.45, 7) is 6.69. The molecule has 9 nitrogen and oxygen atoms in total. The second-order valence-electron chi connectivity index (χ2n) is 10.4. The van der Waals surface area contributed by atoms with E-state index >= 15 is 0 Å². The molecule has 3 heterocycles. The Morgan fingerprint density at radius 3 is 2.39 bits per heavy atom. The Morgan fingerprint density at radius 2 is 1.76 bits per heavy atom. The Morgan fingerprint density at radius 1 is 1.08 bits per heavy atom. The third kappa shape index (κ3) is 5.06. The molecule has 0 spiro atoms. The van der Waals surface area contributed by atoms with Gasteiger partial charge in [0.05, 0.1) is 0 Å². The van der Waals surface area contributed by atoms with Crippen LogP contribution in [-0.2, 0) is 4.74 Å². The van der Waals surface area contributed by atoms with Gasteiger partial charge >= 0.3 is 6.09 Å². The van der Waals surface area contributed by atoms with Gasteiger partial charge in [0.25, 0.3) is 5.91 Å². The van der Waals surface area contributed by atoms with Gasteiger partial charge in [0, 0.05) is 30.4 Å². The second kappa shape index (κ2) is 9.85. The van der Waals surface area contributed by atoms with E-state index in [0.717, 1.165) is 18.4 Å². The highest BCUT2D eigenvalue weighted by molar-refractivity contribution is 5.98. The Kier molecular flexibility index (Phi) is 6.56. The quantitative estimate of drug-likeness (QED) is 0.363. The summed E-state index contributed by atoms with van der Waals surface area (Å²) in [5, 5.41) is 3.12. The van der Waals surface area contributed by atoms with Crippen molar-refractivity contribution in [1.82, 2.24) is 19.5 Å². The molecule has 4 aromatic rings. The number of ether oxygens (including phenoxy) is 2. The molecule has 0 bridgehead atoms. The van der Waals surface area contributed by atoms with Crippen molar-refractivity contribution in [2.45, 2.75) is 45.1 Å². The maximum atomic E-state index is 13.9. The maximum Gasteiger partial charge on any atom is 0.410 e. The summed E-state index contributed by atoms with van der Waals surface area (Å²) < 4.78 is 26.7. The maximum absolute atomic E-state index is 13.9. The van der Waals surface area contributed by atoms with Gasteiger partial charge in [-0.15, -0.1) is 0 Å². The fourth-order valence-electron chi connectivity index (χ4n) is 4.70. The third-order valence-electron chi connectivity index (χ3n) is 6.50. The first-order valence-corrected chi connectivity index (χ1v) is 12.5. The average Bonchev–Trinajstić information content (AvgIpc) is 3.44. The molecule has 0 aliphatic carbocycles. The molecule has 5 rings (SSSR count). The number of fused-ring (bicyclic) bond motifs is 1. The predicted molar refractivity (Wildman–Crippen MR) is 140 cm³/mol. The lowest BCUT2D eigenvalue weighted by Gasteiger charge is -2.33. The Hall–Kier alpha value is -4.34. The van der Waals surface area contributed by atoms with E-state index in [1.807, 2.05) is 27.0 Å². The molecule has 2 aromatic carbocycles. The van der Waals surface area contributed by atoms with E-state index in [2.05, 4.69) is 5.10 Å². The number of primary amides is 1. The van der Waals surface area contributed by atoms with Crippen molar-refractivity contribution in [3.05, 3.63) is 71.8 Å². The van der Waals surface area contributed by atoms with Gasteiger partial charge in [-0.2, -0.15) is 0 Å². The SMILES string of the molecule is CC(C)(C)OC(=O)N1CCC(c2c[nH]n3c(C(N)=O)c(-c4ccc(Oc5ccccc5F)cc4)nc23)CC1. The number of H-pyrrole nitrogens is 1. The first-order chi connectivity index (χ1) is 18.1. The van der Waals surface area contributed by atoms with Gasteiger partial charge in [-0.25, -0.2) is 18.7 Å². The van der Waals surface area contributed by atoms with E-state index in [1.54, 1.807) is 51.9 Å². The predicted octanol–water partition coefficient (Wildman–Crippen LogP) is 5.47. The number of nitrogens with two attached hydrogens (primary N) is 1. The summed E-state index contributed by atoms with van der Waals surface area (Å²) in [5.74, 6) is -0.361. The monoisotopic (exact) mass is 519 g/mol. The number of nitrogens with zero attached hydrogens (tertiary/aromatic N) is 3. The zero-order chi connectivity index (χ0) is 27.0. The van der Waals surface area contributed by atoms with Crippen LogP contribution < -0.4 is 10.5 Å². The van der Waals surface area contributed by atoms with Crippen LogP contribution in [-0.4, -0.2) is 50.2 Å². The highest BCUT2D eigenvalue weighted by Gasteiger charge is 2.30. The van der Waals surface area contributed by atoms with E-state index in [1.165, 1.54) is 6.07 Å². The normalized spacial score (nSPS) is 14.6. The molecule has 0 unspecified atom stereocenters. The molecular weight excluding hydrogens is 489 g/mol. The van der Waals surface area contributed by atoms with Crippen LogP contribution in [0.15, 0.2) is 54.7 Å². The zero-order valence-corrected chi connectivity index (χ0v) is 21.5. The number of piperidine rings is 1. The van der Waals surface area contributed by atoms with Gasteiger partial charge in [0.15, 0.2) is 22.9 Å². The first kappa shape index (κ1) is 25.3. The number of amides is 2. The number of carbonyl (C=O) groups is 2. The zero-order valence-electron chi connectivity index (χ0n) is 21.5. The molecule has 0 radical (unpaired) electrons. The summed E-state index contributed by atoms with van der Waals surface area (Å²) in [4.78, 5) is 31.4. The van der Waals surface area contributed by atoms with E-state index in [-0.39, 0.29) is 23.5 Å². The minimum absolute atomic E-state index is 0.121. The topological polar surface area (TPSA) is 115 Å². The summed E-state index contributed by atoms with van der Waals surface area (Å²) in [7, 11) is 0. The molecule has 1 saturated heterocycles. The van der Waals surface area contributed by atoms with E-state index in [0.29, 0.717) is 35.7 Å². The molecule has 2 amide bonds. The lowest BCUT2D eigenvalue weighted by Crippen LogP contribution is -2.41. The number of likely N-dealkylation sites (tertiary alicyclic amines) is 1. The second-order valence-corrected chi connectivity index (χ2v) is 10.4. The Bertz CT molecular complexity index is 1480. The van der Waals surface area contributed by atoms with Crippen LogP contribution in [0.2, 0.25) is 0 Å². The molecule has 10 heteroatoms. The number of benzene rings is 2. The number of halogens is 1. The van der Waals surface area contributed by atoms with E-state index < -0.39 is 17.3 Å². The van der Waals surface area contributed by atoms with Gasteiger partial charge in [0.1, 0.15) is 17.0 Å². The summed E-state index contributed by atoms with van der Waals surface area (Å²) in [6, 6.07) is 13.0. The van der Waals surface area contributed by atoms with Crippen molar-refractivity contribution in [3.63, 3.8) is 0 Å². The summed E-state index contributed by atoms with van der Waals surface area (Å²) >= 11 is 0. The molecule has 1 fully saturated rings. The molecule has 0 atom stereocenters. The highest BCUT2D eigenvalue weighted by Crippen LogP contribution is 2.34. The van der Waals surface area contributed by atoms with E-state index in [4.69, 9.17) is 20.2 Å². The van der Waals surface area contributed by atoms with Crippen molar-refractivity contribution in [3.8, 4) is 22.8 Å². The van der Waals surface area contributed by atoms with Crippen molar-refractivity contribution in [2.75, 3.05) is 13.1 Å². The number of aromatic amines is 1. The number of hydrogen-bond donors (Lipinski definition) is 2. The smallest absolute Gasteiger partial charge is 0.410 e. The van der Waals surface area contributed by atoms with Crippen LogP contribution in [0.1, 0.15) is 55.6 Å². The van der Waals surface area contributed by atoms with Gasteiger partial charge < -0.3 is 20.1 Å². The number of rotatable bonds is 5. The number of hydrogen-bond acceptors (Lipinski definition) is 5. The molecule has 0 saturated carbocycles. The molecule has 198 valence electrons. The molecular formula is C28H30FN5O4. The molecule has 38 heavy (non-hydrogen) atoms. The van der Waals surface area contributed by atoms with Crippen molar-refractivity contribution >= 4 is 17.6 Å². The number of para-hydroxylation sites is 1. The number of nitrogens with one attached hydrogen (secondary N) is 1. The Labute approximate surface area is 219 Å². The van der Waals surface area contributed by atoms with Crippen LogP contribution in [0.25, 0.3) is 16.9 Å². The van der Waals surface area contributed by atoms with E-state index in [9.17, 15) is 14.0 Å². The fraction of sp³-hybridized carbons (Fsp3) is 0.321. The van der Waals surface area contributed by atoms with Crippen LogP contribution in [0.4, 0.5) is 9.18 Å². The van der Waals surface area contributed by atoms with Crippen LogP contribution in [0.3, 0.4) is 0 Å². The molecule has 1 aliphatic heterocycles. The lowest BCUT2D eigenvalue weighted by atomic mass is 9.91. The number of aromatic nitrogens is 3. The number of imidazole rings is 1. The minimum Gasteiger partial charge on any atom is -0.454 e. The number of carbonyl (C=O) groups excluding carboxylic acids is 2. The van der Waals surface area contributed by atoms with Gasteiger partial charge in [-0.1, -0.05) is 12.1 Å². The van der Waals surface area contributed by atoms with Crippen molar-refractivity contribution in [1.29, 1.82) is 0 Å². The summed E-state index contributed by atoms with van der Waals surface area (Å²) in [6.07, 6.45) is 3.01. The average molecular weight is 520 g/mol. The minimum atomic E-state index is -0.618. The van der Waals surface area contributed by atoms with Gasteiger partial charge in [-0.3, -0.25) is 9.89 Å². The van der Waals surface area contributed by atoms with Gasteiger partial charge in [0.2, 0.25) is 0 Å². The third-order valence-corrected chi connectivity index (χ3v) is 6.50. The van der Waals surface area contributed by atoms with Crippen molar-refractivity contribution < 1.29 is 23.5 Å². The molecule has 3 N–H and O–H groups in total. The first-order valence-electron chi connectivity index (χ1n) is 12.5. The largest absolute Gasteiger partial charge is 0.454 e. The summed E-state index contributed by atoms with van der Waals surface area (Å²) in [5.41, 5.74) is 8.14. The van der Waals surface area contributed by atoms with Crippen molar-refractivity contribution in [2.24, 2.45) is 5.73 Å². The van der Waals surface area contributed by atoms with Crippen LogP contribution in [0.5, 0.6) is 11.5 Å². The Balaban J connectivity index is 1.38. The highest BCUT2D eigenvalue weighted by atomic mass is 19.1. The van der Waals surface area contributed by atoms with Crippen LogP contribution >= 0.6 is 0 Å². The molecule has 2 aromatic heterocycles. The van der Waals surface area contributed by atoms with Crippen LogP contribution in [0, 0.1) is 5.82 Å². The fourth-order valence-corrected chi connectivity index (χ4v) is 4.70. The van der Waals surface area contributed by atoms with Gasteiger partial charge in [-0.05, 0) is 75.9 Å². The molecule has 1 aliphatic rings. The standard InChI is InChI=1S/C28H30FN5O4/c1-28(2,3)38-27(36)33-14-12-17(13-15-33)20-16-31-34-24(25(30)35)23(32-26(20)34)18-8-10-19(11-9-18)37-22-7-5-4-6-21(22)29/h4-11,16-17,31H,12-15H2,1-3H3,(H2,30,35). The lowest BCUT2D eigenvalue weighted by molar-refractivity contribution is 0.0205.